The Morgan fingerprint density at radius 1 is 1.35 bits per heavy atom. The lowest BCUT2D eigenvalue weighted by Crippen LogP contribution is -2.53. The van der Waals surface area contributed by atoms with Gasteiger partial charge in [-0.1, -0.05) is 18.9 Å². The van der Waals surface area contributed by atoms with Crippen molar-refractivity contribution in [2.75, 3.05) is 13.8 Å². The summed E-state index contributed by atoms with van der Waals surface area (Å²) < 4.78 is 10.7. The van der Waals surface area contributed by atoms with Gasteiger partial charge in [0.1, 0.15) is 0 Å². The van der Waals surface area contributed by atoms with Gasteiger partial charge in [-0.2, -0.15) is 0 Å². The van der Waals surface area contributed by atoms with Crippen LogP contribution in [0.25, 0.3) is 0 Å². The summed E-state index contributed by atoms with van der Waals surface area (Å²) in [6.45, 7) is 2.83. The van der Waals surface area contributed by atoms with E-state index in [2.05, 4.69) is 0 Å². The fourth-order valence-electron chi connectivity index (χ4n) is 3.42. The van der Waals surface area contributed by atoms with Gasteiger partial charge in [0, 0.05) is 19.1 Å². The monoisotopic (exact) mass is 340 g/mol. The van der Waals surface area contributed by atoms with Crippen LogP contribution in [0.1, 0.15) is 38.2 Å². The number of hydrogen-bond acceptors (Lipinski definition) is 4. The molecule has 1 aliphatic carbocycles. The maximum absolute atomic E-state index is 12.7. The molecule has 0 aromatic heterocycles. The summed E-state index contributed by atoms with van der Waals surface area (Å²) in [5.41, 5.74) is 6.99. The lowest BCUT2D eigenvalue weighted by Gasteiger charge is -2.39. The van der Waals surface area contributed by atoms with Gasteiger partial charge in [-0.3, -0.25) is 4.79 Å². The average Bonchev–Trinajstić information content (AvgIpc) is 2.93. The number of ether oxygens (including phenoxy) is 2. The average molecular weight is 341 g/mol. The molecular formula is C17H25ClN2O3. The first kappa shape index (κ1) is 17.9. The van der Waals surface area contributed by atoms with Crippen LogP contribution in [-0.4, -0.2) is 30.2 Å². The lowest BCUT2D eigenvalue weighted by atomic mass is 9.74. The van der Waals surface area contributed by atoms with Crippen molar-refractivity contribution in [2.45, 2.75) is 44.7 Å². The van der Waals surface area contributed by atoms with E-state index >= 15 is 0 Å². The number of carbonyl (C=O) groups excluding carboxylic acids is 1. The third-order valence-corrected chi connectivity index (χ3v) is 4.79. The second-order valence-electron chi connectivity index (χ2n) is 6.69. The van der Waals surface area contributed by atoms with Crippen LogP contribution in [0.4, 0.5) is 0 Å². The third-order valence-electron chi connectivity index (χ3n) is 4.79. The third kappa shape index (κ3) is 3.72. The summed E-state index contributed by atoms with van der Waals surface area (Å²) in [6, 6.07) is 5.80. The number of nitrogens with zero attached hydrogens (tertiary/aromatic N) is 1. The normalized spacial score (nSPS) is 25.6. The molecule has 2 N–H and O–H groups in total. The molecule has 0 bridgehead atoms. The highest BCUT2D eigenvalue weighted by Crippen LogP contribution is 2.34. The number of amides is 1. The summed E-state index contributed by atoms with van der Waals surface area (Å²) in [4.78, 5) is 14.5. The Balaban J connectivity index is 0.00000192. The summed E-state index contributed by atoms with van der Waals surface area (Å²) in [5.74, 6) is 1.57. The van der Waals surface area contributed by atoms with Gasteiger partial charge in [-0.25, -0.2) is 0 Å². The van der Waals surface area contributed by atoms with Crippen LogP contribution in [0.3, 0.4) is 0 Å². The van der Waals surface area contributed by atoms with Crippen LogP contribution in [0, 0.1) is 5.92 Å². The van der Waals surface area contributed by atoms with E-state index in [4.69, 9.17) is 15.2 Å². The fourth-order valence-corrected chi connectivity index (χ4v) is 3.42. The van der Waals surface area contributed by atoms with Gasteiger partial charge >= 0.3 is 0 Å². The second-order valence-corrected chi connectivity index (χ2v) is 6.69. The molecule has 6 heteroatoms. The Bertz CT molecular complexity index is 577. The number of carbonyl (C=O) groups is 1. The molecular weight excluding hydrogens is 316 g/mol. The SMILES string of the molecule is CN(Cc1ccc2c(c1)OCO2)C(=O)C1CCCCC1(C)N.Cl. The molecule has 0 saturated heterocycles. The molecule has 1 aliphatic heterocycles. The molecule has 2 atom stereocenters. The molecule has 1 amide bonds. The number of halogens is 1. The number of hydrogen-bond donors (Lipinski definition) is 1. The van der Waals surface area contributed by atoms with Crippen LogP contribution >= 0.6 is 12.4 Å². The summed E-state index contributed by atoms with van der Waals surface area (Å²) in [7, 11) is 1.84. The maximum atomic E-state index is 12.7. The maximum Gasteiger partial charge on any atom is 0.231 e. The van der Waals surface area contributed by atoms with Crippen LogP contribution in [0.15, 0.2) is 18.2 Å². The van der Waals surface area contributed by atoms with Gasteiger partial charge < -0.3 is 20.1 Å². The molecule has 1 fully saturated rings. The van der Waals surface area contributed by atoms with Crippen molar-refractivity contribution in [2.24, 2.45) is 11.7 Å². The van der Waals surface area contributed by atoms with Crippen molar-refractivity contribution >= 4 is 18.3 Å². The van der Waals surface area contributed by atoms with Crippen molar-refractivity contribution in [3.8, 4) is 11.5 Å². The van der Waals surface area contributed by atoms with Gasteiger partial charge in [-0.15, -0.1) is 12.4 Å². The molecule has 128 valence electrons. The van der Waals surface area contributed by atoms with Gasteiger partial charge in [0.05, 0.1) is 5.92 Å². The van der Waals surface area contributed by atoms with E-state index in [1.807, 2.05) is 32.2 Å². The largest absolute Gasteiger partial charge is 0.454 e. The molecule has 5 nitrogen and oxygen atoms in total. The zero-order chi connectivity index (χ0) is 15.7. The van der Waals surface area contributed by atoms with Crippen LogP contribution in [0.5, 0.6) is 11.5 Å². The van der Waals surface area contributed by atoms with Gasteiger partial charge in [0.25, 0.3) is 0 Å². The molecule has 1 heterocycles. The quantitative estimate of drug-likeness (QED) is 0.918. The van der Waals surface area contributed by atoms with Gasteiger partial charge in [0.15, 0.2) is 11.5 Å². The predicted octanol–water partition coefficient (Wildman–Crippen LogP) is 2.70. The van der Waals surface area contributed by atoms with E-state index < -0.39 is 5.54 Å². The first-order valence-corrected chi connectivity index (χ1v) is 7.90. The molecule has 1 aromatic rings. The summed E-state index contributed by atoms with van der Waals surface area (Å²) >= 11 is 0. The molecule has 1 saturated carbocycles. The van der Waals surface area contributed by atoms with E-state index in [1.54, 1.807) is 4.90 Å². The molecule has 1 aromatic carbocycles. The Morgan fingerprint density at radius 2 is 2.09 bits per heavy atom. The Hall–Kier alpha value is -1.46. The zero-order valence-electron chi connectivity index (χ0n) is 13.7. The minimum Gasteiger partial charge on any atom is -0.454 e. The standard InChI is InChI=1S/C17H24N2O3.ClH/c1-17(18)8-4-3-5-13(17)16(20)19(2)10-12-6-7-14-15(9-12)22-11-21-14;/h6-7,9,13H,3-5,8,10-11,18H2,1-2H3;1H. The highest BCUT2D eigenvalue weighted by molar-refractivity contribution is 5.85. The lowest BCUT2D eigenvalue weighted by molar-refractivity contribution is -0.138. The summed E-state index contributed by atoms with van der Waals surface area (Å²) in [5, 5.41) is 0. The predicted molar refractivity (Wildman–Crippen MR) is 90.8 cm³/mol. The smallest absolute Gasteiger partial charge is 0.231 e. The molecule has 0 spiro atoms. The minimum absolute atomic E-state index is 0. The molecule has 23 heavy (non-hydrogen) atoms. The molecule has 0 radical (unpaired) electrons. The van der Waals surface area contributed by atoms with Crippen LogP contribution in [-0.2, 0) is 11.3 Å². The number of nitrogens with two attached hydrogens (primary N) is 1. The first-order valence-electron chi connectivity index (χ1n) is 7.90. The highest BCUT2D eigenvalue weighted by atomic mass is 35.5. The van der Waals surface area contributed by atoms with E-state index in [0.29, 0.717) is 6.54 Å². The second kappa shape index (κ2) is 6.97. The van der Waals surface area contributed by atoms with E-state index in [0.717, 1.165) is 42.7 Å². The topological polar surface area (TPSA) is 64.8 Å². The Kier molecular flexibility index (Phi) is 5.42. The van der Waals surface area contributed by atoms with Crippen LogP contribution in [0.2, 0.25) is 0 Å². The van der Waals surface area contributed by atoms with Crippen molar-refractivity contribution in [3.63, 3.8) is 0 Å². The van der Waals surface area contributed by atoms with Crippen molar-refractivity contribution < 1.29 is 14.3 Å². The van der Waals surface area contributed by atoms with E-state index in [-0.39, 0.29) is 31.0 Å². The highest BCUT2D eigenvalue weighted by Gasteiger charge is 2.39. The Labute approximate surface area is 143 Å². The fraction of sp³-hybridized carbons (Fsp3) is 0.588. The van der Waals surface area contributed by atoms with Crippen molar-refractivity contribution in [3.05, 3.63) is 23.8 Å². The molecule has 3 rings (SSSR count). The number of benzene rings is 1. The molecule has 2 aliphatic rings. The molecule has 2 unspecified atom stereocenters. The van der Waals surface area contributed by atoms with Gasteiger partial charge in [0.2, 0.25) is 12.7 Å². The zero-order valence-corrected chi connectivity index (χ0v) is 14.5. The first-order chi connectivity index (χ1) is 10.5. The van der Waals surface area contributed by atoms with Crippen molar-refractivity contribution in [1.82, 2.24) is 4.90 Å². The summed E-state index contributed by atoms with van der Waals surface area (Å²) in [6.07, 6.45) is 4.00. The van der Waals surface area contributed by atoms with Crippen molar-refractivity contribution in [1.29, 1.82) is 0 Å². The van der Waals surface area contributed by atoms with E-state index in [1.165, 1.54) is 0 Å². The van der Waals surface area contributed by atoms with Gasteiger partial charge in [-0.05, 0) is 37.5 Å². The van der Waals surface area contributed by atoms with E-state index in [9.17, 15) is 4.79 Å². The Morgan fingerprint density at radius 3 is 2.83 bits per heavy atom. The minimum atomic E-state index is -0.390. The number of rotatable bonds is 3. The van der Waals surface area contributed by atoms with Crippen LogP contribution < -0.4 is 15.2 Å². The number of fused-ring (bicyclic) bond motifs is 1.